The van der Waals surface area contributed by atoms with Gasteiger partial charge in [0.1, 0.15) is 0 Å². The highest BCUT2D eigenvalue weighted by Gasteiger charge is 2.29. The third kappa shape index (κ3) is 2.48. The Hall–Kier alpha value is -0.650. The van der Waals surface area contributed by atoms with Gasteiger partial charge < -0.3 is 15.1 Å². The molecule has 0 radical (unpaired) electrons. The molecule has 0 aliphatic carbocycles. The molecule has 2 saturated heterocycles. The number of rotatable bonds is 2. The van der Waals surface area contributed by atoms with E-state index in [1.54, 1.807) is 7.11 Å². The first kappa shape index (κ1) is 10.9. The SMILES string of the molecule is CON1CCN(C(=O)[C@H]2CCNC2)CC1. The van der Waals surface area contributed by atoms with Crippen LogP contribution in [0.3, 0.4) is 0 Å². The first-order chi connectivity index (χ1) is 7.31. The van der Waals surface area contributed by atoms with Crippen molar-refractivity contribution in [3.05, 3.63) is 0 Å². The molecule has 0 spiro atoms. The van der Waals surface area contributed by atoms with Crippen LogP contribution in [-0.2, 0) is 9.63 Å². The highest BCUT2D eigenvalue weighted by Crippen LogP contribution is 2.13. The molecule has 2 rings (SSSR count). The zero-order valence-corrected chi connectivity index (χ0v) is 9.24. The summed E-state index contributed by atoms with van der Waals surface area (Å²) in [5.41, 5.74) is 0. The average molecular weight is 213 g/mol. The largest absolute Gasteiger partial charge is 0.340 e. The van der Waals surface area contributed by atoms with Gasteiger partial charge in [0.25, 0.3) is 0 Å². The van der Waals surface area contributed by atoms with Crippen LogP contribution < -0.4 is 5.32 Å². The number of hydrogen-bond acceptors (Lipinski definition) is 4. The summed E-state index contributed by atoms with van der Waals surface area (Å²) in [4.78, 5) is 19.1. The summed E-state index contributed by atoms with van der Waals surface area (Å²) >= 11 is 0. The lowest BCUT2D eigenvalue weighted by molar-refractivity contribution is -0.163. The molecule has 2 fully saturated rings. The summed E-state index contributed by atoms with van der Waals surface area (Å²) in [7, 11) is 1.68. The third-order valence-corrected chi connectivity index (χ3v) is 3.22. The molecule has 1 atom stereocenters. The Labute approximate surface area is 90.3 Å². The van der Waals surface area contributed by atoms with Crippen molar-refractivity contribution in [3.8, 4) is 0 Å². The van der Waals surface area contributed by atoms with Gasteiger partial charge in [-0.05, 0) is 13.0 Å². The normalized spacial score (nSPS) is 28.3. The van der Waals surface area contributed by atoms with Crippen molar-refractivity contribution in [2.75, 3.05) is 46.4 Å². The topological polar surface area (TPSA) is 44.8 Å². The van der Waals surface area contributed by atoms with Crippen molar-refractivity contribution >= 4 is 5.91 Å². The van der Waals surface area contributed by atoms with Crippen molar-refractivity contribution in [2.45, 2.75) is 6.42 Å². The highest BCUT2D eigenvalue weighted by atomic mass is 16.7. The summed E-state index contributed by atoms with van der Waals surface area (Å²) in [6.45, 7) is 5.06. The standard InChI is InChI=1S/C10H19N3O2/c1-15-13-6-4-12(5-7-13)10(14)9-2-3-11-8-9/h9,11H,2-8H2,1H3/t9-/m0/s1. The molecular formula is C10H19N3O2. The van der Waals surface area contributed by atoms with E-state index in [9.17, 15) is 4.79 Å². The molecule has 5 nitrogen and oxygen atoms in total. The second kappa shape index (κ2) is 4.92. The van der Waals surface area contributed by atoms with Gasteiger partial charge in [-0.25, -0.2) is 0 Å². The predicted octanol–water partition coefficient (Wildman–Crippen LogP) is -0.698. The van der Waals surface area contributed by atoms with E-state index in [4.69, 9.17) is 4.84 Å². The van der Waals surface area contributed by atoms with E-state index in [-0.39, 0.29) is 5.92 Å². The first-order valence-electron chi connectivity index (χ1n) is 5.60. The maximum absolute atomic E-state index is 12.0. The van der Waals surface area contributed by atoms with Crippen LogP contribution >= 0.6 is 0 Å². The summed E-state index contributed by atoms with van der Waals surface area (Å²) < 4.78 is 0. The van der Waals surface area contributed by atoms with E-state index < -0.39 is 0 Å². The fraction of sp³-hybridized carbons (Fsp3) is 0.900. The minimum Gasteiger partial charge on any atom is -0.340 e. The van der Waals surface area contributed by atoms with Crippen molar-refractivity contribution in [3.63, 3.8) is 0 Å². The Balaban J connectivity index is 1.81. The lowest BCUT2D eigenvalue weighted by atomic mass is 10.1. The molecular weight excluding hydrogens is 194 g/mol. The number of nitrogens with one attached hydrogen (secondary N) is 1. The highest BCUT2D eigenvalue weighted by molar-refractivity contribution is 5.79. The van der Waals surface area contributed by atoms with Crippen LogP contribution in [-0.4, -0.2) is 62.2 Å². The van der Waals surface area contributed by atoms with Gasteiger partial charge >= 0.3 is 0 Å². The van der Waals surface area contributed by atoms with Crippen molar-refractivity contribution in [1.82, 2.24) is 15.3 Å². The van der Waals surface area contributed by atoms with Gasteiger partial charge in [0, 0.05) is 32.7 Å². The maximum atomic E-state index is 12.0. The molecule has 0 aromatic rings. The fourth-order valence-corrected chi connectivity index (χ4v) is 2.21. The molecule has 15 heavy (non-hydrogen) atoms. The van der Waals surface area contributed by atoms with E-state index in [1.807, 2.05) is 9.96 Å². The van der Waals surface area contributed by atoms with E-state index in [2.05, 4.69) is 5.32 Å². The molecule has 0 bridgehead atoms. The molecule has 86 valence electrons. The first-order valence-corrected chi connectivity index (χ1v) is 5.60. The van der Waals surface area contributed by atoms with E-state index in [0.29, 0.717) is 5.91 Å². The smallest absolute Gasteiger partial charge is 0.227 e. The van der Waals surface area contributed by atoms with Gasteiger partial charge in [0.15, 0.2) is 0 Å². The van der Waals surface area contributed by atoms with Crippen LogP contribution in [0.2, 0.25) is 0 Å². The number of carbonyl (C=O) groups is 1. The second-order valence-corrected chi connectivity index (χ2v) is 4.13. The lowest BCUT2D eigenvalue weighted by Gasteiger charge is -2.34. The van der Waals surface area contributed by atoms with Gasteiger partial charge in [-0.2, -0.15) is 5.06 Å². The molecule has 0 aromatic carbocycles. The van der Waals surface area contributed by atoms with Crippen LogP contribution in [0.25, 0.3) is 0 Å². The third-order valence-electron chi connectivity index (χ3n) is 3.22. The Bertz CT molecular complexity index is 221. The molecule has 5 heteroatoms. The van der Waals surface area contributed by atoms with Crippen LogP contribution in [0.5, 0.6) is 0 Å². The molecule has 2 aliphatic heterocycles. The minimum atomic E-state index is 0.207. The Morgan fingerprint density at radius 1 is 1.33 bits per heavy atom. The summed E-state index contributed by atoms with van der Waals surface area (Å²) in [5, 5.41) is 5.13. The molecule has 0 saturated carbocycles. The Morgan fingerprint density at radius 2 is 2.07 bits per heavy atom. The van der Waals surface area contributed by atoms with E-state index >= 15 is 0 Å². The van der Waals surface area contributed by atoms with Gasteiger partial charge in [0.2, 0.25) is 5.91 Å². The number of nitrogens with zero attached hydrogens (tertiary/aromatic N) is 2. The van der Waals surface area contributed by atoms with Gasteiger partial charge in [-0.1, -0.05) is 0 Å². The number of amides is 1. The summed E-state index contributed by atoms with van der Waals surface area (Å²) in [6, 6.07) is 0. The number of hydrogen-bond donors (Lipinski definition) is 1. The van der Waals surface area contributed by atoms with Gasteiger partial charge in [-0.15, -0.1) is 0 Å². The van der Waals surface area contributed by atoms with Gasteiger partial charge in [0.05, 0.1) is 13.0 Å². The Morgan fingerprint density at radius 3 is 2.60 bits per heavy atom. The van der Waals surface area contributed by atoms with Crippen molar-refractivity contribution < 1.29 is 9.63 Å². The van der Waals surface area contributed by atoms with Crippen molar-refractivity contribution in [1.29, 1.82) is 0 Å². The number of hydroxylamine groups is 2. The van der Waals surface area contributed by atoms with Crippen LogP contribution in [0.4, 0.5) is 0 Å². The summed E-state index contributed by atoms with van der Waals surface area (Å²) in [5.74, 6) is 0.523. The average Bonchev–Trinajstić information content (AvgIpc) is 2.82. The van der Waals surface area contributed by atoms with Crippen LogP contribution in [0.1, 0.15) is 6.42 Å². The lowest BCUT2D eigenvalue weighted by Crippen LogP contribution is -2.50. The van der Waals surface area contributed by atoms with E-state index in [0.717, 1.165) is 45.7 Å². The maximum Gasteiger partial charge on any atom is 0.227 e. The Kier molecular flexibility index (Phi) is 3.56. The van der Waals surface area contributed by atoms with E-state index in [1.165, 1.54) is 0 Å². The zero-order chi connectivity index (χ0) is 10.7. The number of carbonyl (C=O) groups excluding carboxylic acids is 1. The summed E-state index contributed by atoms with van der Waals surface area (Å²) in [6.07, 6.45) is 0.989. The fourth-order valence-electron chi connectivity index (χ4n) is 2.21. The van der Waals surface area contributed by atoms with Crippen molar-refractivity contribution in [2.24, 2.45) is 5.92 Å². The molecule has 1 amide bonds. The quantitative estimate of drug-likeness (QED) is 0.659. The second-order valence-electron chi connectivity index (χ2n) is 4.13. The van der Waals surface area contributed by atoms with Crippen LogP contribution in [0.15, 0.2) is 0 Å². The number of piperazine rings is 1. The van der Waals surface area contributed by atoms with Gasteiger partial charge in [-0.3, -0.25) is 4.79 Å². The monoisotopic (exact) mass is 213 g/mol. The minimum absolute atomic E-state index is 0.207. The zero-order valence-electron chi connectivity index (χ0n) is 9.24. The molecule has 2 heterocycles. The molecule has 0 aromatic heterocycles. The van der Waals surface area contributed by atoms with Crippen LogP contribution in [0, 0.1) is 5.92 Å². The molecule has 0 unspecified atom stereocenters. The predicted molar refractivity (Wildman–Crippen MR) is 56.1 cm³/mol. The molecule has 2 aliphatic rings. The molecule has 1 N–H and O–H groups in total.